The maximum Gasteiger partial charge on any atom is 0.234 e. The number of benzene rings is 2. The quantitative estimate of drug-likeness (QED) is 0.567. The number of aromatic nitrogens is 3. The van der Waals surface area contributed by atoms with Crippen LogP contribution in [0.4, 0.5) is 11.6 Å². The van der Waals surface area contributed by atoms with Gasteiger partial charge in [-0.15, -0.1) is 10.2 Å². The molecule has 31 heavy (non-hydrogen) atoms. The molecule has 2 aromatic carbocycles. The number of nitrogens with zero attached hydrogens (tertiary/aromatic N) is 4. The van der Waals surface area contributed by atoms with Gasteiger partial charge in [-0.05, 0) is 30.7 Å². The highest BCUT2D eigenvalue weighted by Crippen LogP contribution is 2.29. The number of carbonyl (C=O) groups excluding carboxylic acids is 1. The first-order valence-corrected chi connectivity index (χ1v) is 11.1. The number of hydrogen-bond donors (Lipinski definition) is 1. The number of aryl methyl sites for hydroxylation is 1. The van der Waals surface area contributed by atoms with E-state index in [1.165, 1.54) is 11.8 Å². The number of carbonyl (C=O) groups is 1. The normalized spacial score (nSPS) is 13.8. The number of thioether (sulfide) groups is 1. The summed E-state index contributed by atoms with van der Waals surface area (Å²) in [6, 6.07) is 15.4. The molecule has 0 spiro atoms. The summed E-state index contributed by atoms with van der Waals surface area (Å²) in [4.78, 5) is 14.8. The number of nitrogens with one attached hydrogen (secondary N) is 1. The van der Waals surface area contributed by atoms with E-state index >= 15 is 0 Å². The Hall–Kier alpha value is -3.04. The van der Waals surface area contributed by atoms with Gasteiger partial charge >= 0.3 is 0 Å². The van der Waals surface area contributed by atoms with Gasteiger partial charge in [0.15, 0.2) is 5.16 Å². The van der Waals surface area contributed by atoms with Crippen molar-refractivity contribution in [3.63, 3.8) is 0 Å². The average molecular weight is 440 g/mol. The molecule has 1 aliphatic rings. The fraction of sp³-hybridized carbons (Fsp3) is 0.318. The lowest BCUT2D eigenvalue weighted by molar-refractivity contribution is -0.113. The molecule has 4 rings (SSSR count). The molecule has 8 nitrogen and oxygen atoms in total. The Balaban J connectivity index is 1.56. The first-order valence-electron chi connectivity index (χ1n) is 10.1. The van der Waals surface area contributed by atoms with Crippen LogP contribution in [0.2, 0.25) is 0 Å². The van der Waals surface area contributed by atoms with Gasteiger partial charge in [0, 0.05) is 13.1 Å². The van der Waals surface area contributed by atoms with Crippen LogP contribution < -0.4 is 15.0 Å². The Labute approximate surface area is 185 Å². The average Bonchev–Trinajstić information content (AvgIpc) is 3.22. The topological polar surface area (TPSA) is 81.5 Å². The lowest BCUT2D eigenvalue weighted by atomic mass is 10.2. The first kappa shape index (κ1) is 21.2. The van der Waals surface area contributed by atoms with E-state index in [1.807, 2.05) is 47.0 Å². The van der Waals surface area contributed by atoms with Crippen molar-refractivity contribution in [3.05, 3.63) is 54.1 Å². The number of anilines is 2. The number of ether oxygens (including phenoxy) is 2. The molecule has 1 saturated heterocycles. The van der Waals surface area contributed by atoms with Crippen LogP contribution in [0, 0.1) is 6.92 Å². The van der Waals surface area contributed by atoms with Crippen LogP contribution in [0.25, 0.3) is 5.69 Å². The molecule has 3 aromatic rings. The van der Waals surface area contributed by atoms with Crippen molar-refractivity contribution in [1.82, 2.24) is 14.8 Å². The summed E-state index contributed by atoms with van der Waals surface area (Å²) in [7, 11) is 1.58. The lowest BCUT2D eigenvalue weighted by Crippen LogP contribution is -2.38. The highest BCUT2D eigenvalue weighted by Gasteiger charge is 2.23. The van der Waals surface area contributed by atoms with Gasteiger partial charge < -0.3 is 19.7 Å². The number of para-hydroxylation sites is 3. The largest absolute Gasteiger partial charge is 0.495 e. The summed E-state index contributed by atoms with van der Waals surface area (Å²) in [5, 5.41) is 12.4. The van der Waals surface area contributed by atoms with Crippen LogP contribution in [0.15, 0.2) is 53.7 Å². The maximum absolute atomic E-state index is 12.6. The van der Waals surface area contributed by atoms with E-state index in [4.69, 9.17) is 9.47 Å². The molecule has 9 heteroatoms. The van der Waals surface area contributed by atoms with Gasteiger partial charge in [-0.25, -0.2) is 0 Å². The van der Waals surface area contributed by atoms with Gasteiger partial charge in [0.1, 0.15) is 5.75 Å². The zero-order valence-corrected chi connectivity index (χ0v) is 18.4. The van der Waals surface area contributed by atoms with Gasteiger partial charge in [0.25, 0.3) is 0 Å². The third-order valence-electron chi connectivity index (χ3n) is 4.98. The Morgan fingerprint density at radius 1 is 1.13 bits per heavy atom. The van der Waals surface area contributed by atoms with E-state index in [0.29, 0.717) is 29.8 Å². The van der Waals surface area contributed by atoms with Crippen LogP contribution in [-0.4, -0.2) is 59.8 Å². The summed E-state index contributed by atoms with van der Waals surface area (Å²) in [6.07, 6.45) is 0. The van der Waals surface area contributed by atoms with E-state index in [-0.39, 0.29) is 11.7 Å². The number of morpholine rings is 1. The molecule has 2 heterocycles. The zero-order valence-electron chi connectivity index (χ0n) is 17.6. The number of rotatable bonds is 7. The second-order valence-corrected chi connectivity index (χ2v) is 7.98. The predicted molar refractivity (Wildman–Crippen MR) is 121 cm³/mol. The molecule has 1 fully saturated rings. The molecule has 0 aliphatic carbocycles. The smallest absolute Gasteiger partial charge is 0.234 e. The highest BCUT2D eigenvalue weighted by molar-refractivity contribution is 7.99. The summed E-state index contributed by atoms with van der Waals surface area (Å²) in [5.41, 5.74) is 2.75. The Morgan fingerprint density at radius 3 is 2.65 bits per heavy atom. The van der Waals surface area contributed by atoms with Gasteiger partial charge in [0.05, 0.1) is 37.5 Å². The van der Waals surface area contributed by atoms with Crippen molar-refractivity contribution >= 4 is 29.3 Å². The van der Waals surface area contributed by atoms with Crippen molar-refractivity contribution in [2.75, 3.05) is 49.4 Å². The van der Waals surface area contributed by atoms with E-state index in [2.05, 4.69) is 33.4 Å². The van der Waals surface area contributed by atoms with E-state index in [1.54, 1.807) is 7.11 Å². The third kappa shape index (κ3) is 4.83. The summed E-state index contributed by atoms with van der Waals surface area (Å²) in [5.74, 6) is 1.45. The molecule has 0 unspecified atom stereocenters. The summed E-state index contributed by atoms with van der Waals surface area (Å²) >= 11 is 1.35. The fourth-order valence-electron chi connectivity index (χ4n) is 3.41. The first-order chi connectivity index (χ1) is 15.2. The molecule has 1 amide bonds. The van der Waals surface area contributed by atoms with E-state index in [9.17, 15) is 4.79 Å². The van der Waals surface area contributed by atoms with Crippen molar-refractivity contribution < 1.29 is 14.3 Å². The Morgan fingerprint density at radius 2 is 1.87 bits per heavy atom. The second-order valence-electron chi connectivity index (χ2n) is 7.04. The Bertz CT molecular complexity index is 1050. The van der Waals surface area contributed by atoms with Crippen LogP contribution >= 0.6 is 11.8 Å². The number of methoxy groups -OCH3 is 1. The standard InChI is InChI=1S/C22H25N5O3S/c1-16-7-3-5-9-18(16)27-21(26-11-13-30-14-12-26)24-25-22(27)31-15-20(28)23-17-8-4-6-10-19(17)29-2/h3-10H,11-15H2,1-2H3,(H,23,28). The van der Waals surface area contributed by atoms with Crippen molar-refractivity contribution in [1.29, 1.82) is 0 Å². The minimum Gasteiger partial charge on any atom is -0.495 e. The zero-order chi connectivity index (χ0) is 21.6. The van der Waals surface area contributed by atoms with E-state index < -0.39 is 0 Å². The molecule has 0 bridgehead atoms. The van der Waals surface area contributed by atoms with Gasteiger partial charge in [-0.3, -0.25) is 9.36 Å². The van der Waals surface area contributed by atoms with Crippen LogP contribution in [-0.2, 0) is 9.53 Å². The summed E-state index contributed by atoms with van der Waals surface area (Å²) < 4.78 is 12.8. The molecular weight excluding hydrogens is 414 g/mol. The number of hydrogen-bond acceptors (Lipinski definition) is 7. The van der Waals surface area contributed by atoms with Crippen LogP contribution in [0.1, 0.15) is 5.56 Å². The van der Waals surface area contributed by atoms with Crippen LogP contribution in [0.5, 0.6) is 5.75 Å². The summed E-state index contributed by atoms with van der Waals surface area (Å²) in [6.45, 7) is 4.88. The molecule has 1 N–H and O–H groups in total. The second kappa shape index (κ2) is 9.84. The molecule has 1 aromatic heterocycles. The lowest BCUT2D eigenvalue weighted by Gasteiger charge is -2.28. The number of amides is 1. The highest BCUT2D eigenvalue weighted by atomic mass is 32.2. The molecular formula is C22H25N5O3S. The van der Waals surface area contributed by atoms with Gasteiger partial charge in [-0.1, -0.05) is 42.1 Å². The van der Waals surface area contributed by atoms with Crippen LogP contribution in [0.3, 0.4) is 0 Å². The predicted octanol–water partition coefficient (Wildman–Crippen LogP) is 3.15. The maximum atomic E-state index is 12.6. The SMILES string of the molecule is COc1ccccc1NC(=O)CSc1nnc(N2CCOCC2)n1-c1ccccc1C. The molecule has 0 radical (unpaired) electrons. The minimum atomic E-state index is -0.137. The molecule has 0 atom stereocenters. The van der Waals surface area contributed by atoms with Gasteiger partial charge in [0.2, 0.25) is 11.9 Å². The molecule has 162 valence electrons. The minimum absolute atomic E-state index is 0.137. The van der Waals surface area contributed by atoms with Crippen molar-refractivity contribution in [3.8, 4) is 11.4 Å². The third-order valence-corrected chi connectivity index (χ3v) is 5.91. The fourth-order valence-corrected chi connectivity index (χ4v) is 4.15. The van der Waals surface area contributed by atoms with E-state index in [0.717, 1.165) is 30.3 Å². The molecule has 0 saturated carbocycles. The van der Waals surface area contributed by atoms with Crippen molar-refractivity contribution in [2.24, 2.45) is 0 Å². The molecule has 1 aliphatic heterocycles. The monoisotopic (exact) mass is 439 g/mol. The van der Waals surface area contributed by atoms with Gasteiger partial charge in [-0.2, -0.15) is 0 Å². The Kier molecular flexibility index (Phi) is 6.73. The van der Waals surface area contributed by atoms with Crippen molar-refractivity contribution in [2.45, 2.75) is 12.1 Å².